The van der Waals surface area contributed by atoms with Crippen molar-refractivity contribution in [2.24, 2.45) is 0 Å². The number of ether oxygens (including phenoxy) is 2. The lowest BCUT2D eigenvalue weighted by Crippen LogP contribution is -3.00. The summed E-state index contributed by atoms with van der Waals surface area (Å²) in [5.74, 6) is -0.225. The molecule has 0 saturated carbocycles. The minimum absolute atomic E-state index is 0. The van der Waals surface area contributed by atoms with Crippen molar-refractivity contribution in [1.82, 2.24) is 0 Å². The summed E-state index contributed by atoms with van der Waals surface area (Å²) in [7, 11) is 8.22. The molecular weight excluding hydrogens is 551 g/mol. The van der Waals surface area contributed by atoms with E-state index in [1.165, 1.54) is 64.2 Å². The number of rotatable bonds is 26. The number of nitrogens with zero attached hydrogens (tertiary/aromatic N) is 2. The average Bonchev–Trinajstić information content (AvgIpc) is 2.81. The summed E-state index contributed by atoms with van der Waals surface area (Å²) in [4.78, 5) is 24.1. The number of halogens is 2. The lowest BCUT2D eigenvalue weighted by atomic mass is 10.1. The van der Waals surface area contributed by atoms with E-state index in [1.807, 2.05) is 0 Å². The topological polar surface area (TPSA) is 72.8 Å². The number of aliphatic hydroxyl groups excluding tert-OH is 1. The van der Waals surface area contributed by atoms with Gasteiger partial charge in [-0.3, -0.25) is 9.59 Å². The third-order valence-corrected chi connectivity index (χ3v) is 7.30. The van der Waals surface area contributed by atoms with Crippen LogP contribution in [0.5, 0.6) is 0 Å². The van der Waals surface area contributed by atoms with Gasteiger partial charge in [0, 0.05) is 12.8 Å². The van der Waals surface area contributed by atoms with Crippen LogP contribution >= 0.6 is 0 Å². The molecule has 40 heavy (non-hydrogen) atoms. The predicted octanol–water partition coefficient (Wildman–Crippen LogP) is -0.124. The Morgan fingerprint density at radius 1 is 0.575 bits per heavy atom. The van der Waals surface area contributed by atoms with Gasteiger partial charge in [0.15, 0.2) is 6.10 Å². The number of likely N-dealkylation sites (N-methyl/N-ethyl adjacent to an activating group) is 2. The second kappa shape index (κ2) is 27.2. The van der Waals surface area contributed by atoms with Crippen LogP contribution in [-0.4, -0.2) is 99.7 Å². The van der Waals surface area contributed by atoms with Crippen molar-refractivity contribution in [3.63, 3.8) is 0 Å². The molecule has 0 atom stereocenters. The van der Waals surface area contributed by atoms with Crippen LogP contribution in [0.15, 0.2) is 0 Å². The predicted molar refractivity (Wildman–Crippen MR) is 157 cm³/mol. The molecule has 0 amide bonds. The van der Waals surface area contributed by atoms with Gasteiger partial charge in [-0.1, -0.05) is 90.9 Å². The molecule has 0 spiro atoms. The lowest BCUT2D eigenvalue weighted by Gasteiger charge is -2.35. The number of hydrogen-bond acceptors (Lipinski definition) is 5. The van der Waals surface area contributed by atoms with Crippen LogP contribution in [-0.2, 0) is 19.1 Å². The van der Waals surface area contributed by atoms with Crippen molar-refractivity contribution in [3.05, 3.63) is 0 Å². The van der Waals surface area contributed by atoms with Crippen LogP contribution in [0.1, 0.15) is 117 Å². The molecule has 242 valence electrons. The Balaban J connectivity index is -0.00000684. The molecule has 0 unspecified atom stereocenters. The second-order valence-electron chi connectivity index (χ2n) is 12.5. The Bertz CT molecular complexity index is 556. The van der Waals surface area contributed by atoms with E-state index in [9.17, 15) is 14.7 Å². The highest BCUT2D eigenvalue weighted by Crippen LogP contribution is 2.11. The highest BCUT2D eigenvalue weighted by Gasteiger charge is 2.27. The maximum atomic E-state index is 12.0. The third-order valence-electron chi connectivity index (χ3n) is 7.30. The van der Waals surface area contributed by atoms with Crippen LogP contribution in [0.4, 0.5) is 0 Å². The lowest BCUT2D eigenvalue weighted by molar-refractivity contribution is -0.914. The Morgan fingerprint density at radius 3 is 1.20 bits per heavy atom. The van der Waals surface area contributed by atoms with Gasteiger partial charge in [0.1, 0.15) is 39.4 Å². The van der Waals surface area contributed by atoms with Gasteiger partial charge >= 0.3 is 11.9 Å². The summed E-state index contributed by atoms with van der Waals surface area (Å²) in [6.07, 6.45) is 17.1. The van der Waals surface area contributed by atoms with E-state index in [0.29, 0.717) is 61.2 Å². The highest BCUT2D eigenvalue weighted by atomic mass is 35.5. The van der Waals surface area contributed by atoms with E-state index in [-0.39, 0.29) is 36.8 Å². The van der Waals surface area contributed by atoms with E-state index in [4.69, 9.17) is 9.47 Å². The van der Waals surface area contributed by atoms with Crippen molar-refractivity contribution in [2.45, 2.75) is 123 Å². The number of quaternary nitrogens is 2. The normalized spacial score (nSPS) is 11.6. The molecule has 0 heterocycles. The summed E-state index contributed by atoms with van der Waals surface area (Å²) in [6, 6.07) is 0. The van der Waals surface area contributed by atoms with Crippen LogP contribution < -0.4 is 24.8 Å². The maximum Gasteiger partial charge on any atom is 0.305 e. The Hall–Kier alpha value is -0.600. The Labute approximate surface area is 259 Å². The molecule has 7 nitrogen and oxygen atoms in total. The number of aliphatic hydroxyl groups is 1. The average molecular weight is 616 g/mol. The first-order chi connectivity index (χ1) is 18.0. The first-order valence-corrected chi connectivity index (χ1v) is 15.6. The zero-order valence-corrected chi connectivity index (χ0v) is 28.4. The first-order valence-electron chi connectivity index (χ1n) is 15.6. The smallest absolute Gasteiger partial charge is 0.305 e. The molecule has 0 aromatic heterocycles. The summed E-state index contributed by atoms with van der Waals surface area (Å²) >= 11 is 0. The fourth-order valence-electron chi connectivity index (χ4n) is 4.79. The second-order valence-corrected chi connectivity index (χ2v) is 12.5. The summed E-state index contributed by atoms with van der Waals surface area (Å²) < 4.78 is 12.1. The molecule has 0 bridgehead atoms. The van der Waals surface area contributed by atoms with Gasteiger partial charge in [-0.05, 0) is 12.8 Å². The summed E-state index contributed by atoms with van der Waals surface area (Å²) in [6.45, 7) is 7.69. The highest BCUT2D eigenvalue weighted by molar-refractivity contribution is 5.69. The van der Waals surface area contributed by atoms with E-state index >= 15 is 0 Å². The van der Waals surface area contributed by atoms with Crippen molar-refractivity contribution in [2.75, 3.05) is 67.6 Å². The summed E-state index contributed by atoms with van der Waals surface area (Å²) in [5, 5.41) is 10.7. The molecule has 1 N–H and O–H groups in total. The SMILES string of the molecule is CCCCCCCCCC(=O)OCC[N+](C)(C)CC(O)C[N+](C)(C)CCOC(=O)CCCCCCCCC.[Cl-].[Cl-]. The van der Waals surface area contributed by atoms with Crippen LogP contribution in [0, 0.1) is 0 Å². The quantitative estimate of drug-likeness (QED) is 0.0835. The van der Waals surface area contributed by atoms with Gasteiger partial charge in [0.25, 0.3) is 0 Å². The van der Waals surface area contributed by atoms with Crippen molar-refractivity contribution in [1.29, 1.82) is 0 Å². The van der Waals surface area contributed by atoms with Gasteiger partial charge in [0.05, 0.1) is 28.2 Å². The minimum Gasteiger partial charge on any atom is -1.00 e. The molecule has 0 aromatic carbocycles. The van der Waals surface area contributed by atoms with Crippen LogP contribution in [0.25, 0.3) is 0 Å². The summed E-state index contributed by atoms with van der Waals surface area (Å²) in [5.41, 5.74) is 0. The van der Waals surface area contributed by atoms with Crippen LogP contribution in [0.2, 0.25) is 0 Å². The van der Waals surface area contributed by atoms with E-state index in [2.05, 4.69) is 42.0 Å². The molecule has 0 saturated heterocycles. The molecule has 9 heteroatoms. The van der Waals surface area contributed by atoms with E-state index in [0.717, 1.165) is 25.7 Å². The zero-order chi connectivity index (χ0) is 28.7. The van der Waals surface area contributed by atoms with Gasteiger partial charge in [-0.15, -0.1) is 0 Å². The van der Waals surface area contributed by atoms with Gasteiger partial charge < -0.3 is 48.4 Å². The first kappa shape index (κ1) is 43.8. The molecule has 0 fully saturated rings. The maximum absolute atomic E-state index is 12.0. The monoisotopic (exact) mass is 614 g/mol. The number of carbonyl (C=O) groups is 2. The number of esters is 2. The van der Waals surface area contributed by atoms with Crippen molar-refractivity contribution < 1.29 is 57.9 Å². The molecule has 0 aliphatic carbocycles. The molecule has 0 aromatic rings. The molecule has 0 aliphatic heterocycles. The number of carbonyl (C=O) groups excluding carboxylic acids is 2. The van der Waals surface area contributed by atoms with Crippen molar-refractivity contribution in [3.8, 4) is 0 Å². The minimum atomic E-state index is -0.494. The fourth-order valence-corrected chi connectivity index (χ4v) is 4.79. The number of hydrogen-bond donors (Lipinski definition) is 1. The largest absolute Gasteiger partial charge is 1.00 e. The van der Waals surface area contributed by atoms with E-state index < -0.39 is 6.10 Å². The van der Waals surface area contributed by atoms with Crippen molar-refractivity contribution >= 4 is 11.9 Å². The molecule has 0 radical (unpaired) electrons. The Morgan fingerprint density at radius 2 is 0.875 bits per heavy atom. The molecule has 0 rings (SSSR count). The fraction of sp³-hybridized carbons (Fsp3) is 0.935. The van der Waals surface area contributed by atoms with Crippen LogP contribution in [0.3, 0.4) is 0 Å². The van der Waals surface area contributed by atoms with Gasteiger partial charge in [0.2, 0.25) is 0 Å². The van der Waals surface area contributed by atoms with Gasteiger partial charge in [-0.25, -0.2) is 0 Å². The number of unbranched alkanes of at least 4 members (excludes halogenated alkanes) is 12. The molecular formula is C31H64Cl2N2O5. The van der Waals surface area contributed by atoms with Gasteiger partial charge in [-0.2, -0.15) is 0 Å². The van der Waals surface area contributed by atoms with E-state index in [1.54, 1.807) is 0 Å². The zero-order valence-electron chi connectivity index (χ0n) is 26.9. The molecule has 0 aliphatic rings. The Kier molecular flexibility index (Phi) is 29.9. The third kappa shape index (κ3) is 28.9. The standard InChI is InChI=1S/C31H64N2O5.2ClH/c1-7-9-11-13-15-17-19-21-30(35)37-25-23-32(3,4)27-29(34)28-33(5,6)24-26-38-31(36)22-20-18-16-14-12-10-8-2;;/h29,34H,7-28H2,1-6H3;2*1H/q+2;;/p-2.